The number of rotatable bonds is 3. The van der Waals surface area contributed by atoms with Crippen LogP contribution < -0.4 is 10.1 Å². The van der Waals surface area contributed by atoms with E-state index in [4.69, 9.17) is 4.74 Å². The van der Waals surface area contributed by atoms with E-state index in [9.17, 15) is 4.39 Å². The summed E-state index contributed by atoms with van der Waals surface area (Å²) in [6.45, 7) is 2.75. The molecular weight excluding hydrogens is 265 g/mol. The van der Waals surface area contributed by atoms with Gasteiger partial charge in [-0.2, -0.15) is 0 Å². The van der Waals surface area contributed by atoms with E-state index in [1.54, 1.807) is 13.2 Å². The van der Waals surface area contributed by atoms with Crippen LogP contribution in [0.2, 0.25) is 0 Å². The smallest absolute Gasteiger partial charge is 0.126 e. The summed E-state index contributed by atoms with van der Waals surface area (Å²) in [7, 11) is 1.68. The summed E-state index contributed by atoms with van der Waals surface area (Å²) < 4.78 is 18.6. The van der Waals surface area contributed by atoms with Crippen LogP contribution in [0.3, 0.4) is 0 Å². The second-order valence-electron chi connectivity index (χ2n) is 5.68. The summed E-state index contributed by atoms with van der Waals surface area (Å²) in [6, 6.07) is 14.0. The van der Waals surface area contributed by atoms with Gasteiger partial charge in [-0.05, 0) is 54.2 Å². The van der Waals surface area contributed by atoms with E-state index in [1.807, 2.05) is 31.2 Å². The molecule has 2 aromatic carbocycles. The Balaban J connectivity index is 1.73. The van der Waals surface area contributed by atoms with Crippen molar-refractivity contribution in [1.29, 1.82) is 0 Å². The van der Waals surface area contributed by atoms with Crippen LogP contribution in [0, 0.1) is 12.7 Å². The van der Waals surface area contributed by atoms with Gasteiger partial charge in [0, 0.05) is 12.6 Å². The van der Waals surface area contributed by atoms with E-state index in [2.05, 4.69) is 17.4 Å². The minimum Gasteiger partial charge on any atom is -0.497 e. The fourth-order valence-corrected chi connectivity index (χ4v) is 3.00. The van der Waals surface area contributed by atoms with E-state index in [0.29, 0.717) is 12.0 Å². The summed E-state index contributed by atoms with van der Waals surface area (Å²) in [6.07, 6.45) is 1.04. The number of ether oxygens (including phenoxy) is 1. The Labute approximate surface area is 125 Å². The number of nitrogens with one attached hydrogen (secondary N) is 1. The van der Waals surface area contributed by atoms with Crippen molar-refractivity contribution in [3.05, 3.63) is 65.0 Å². The third-order valence-corrected chi connectivity index (χ3v) is 4.30. The fraction of sp³-hybridized carbons (Fsp3) is 0.333. The Morgan fingerprint density at radius 3 is 2.48 bits per heavy atom. The molecule has 2 aromatic rings. The Morgan fingerprint density at radius 1 is 1.10 bits per heavy atom. The lowest BCUT2D eigenvalue weighted by molar-refractivity contribution is 0.414. The van der Waals surface area contributed by atoms with Gasteiger partial charge < -0.3 is 10.1 Å². The highest BCUT2D eigenvalue weighted by molar-refractivity contribution is 5.32. The Kier molecular flexibility index (Phi) is 3.93. The highest BCUT2D eigenvalue weighted by Gasteiger charge is 2.26. The minimum absolute atomic E-state index is 0.128. The molecule has 1 aliphatic heterocycles. The summed E-state index contributed by atoms with van der Waals surface area (Å²) >= 11 is 0. The van der Waals surface area contributed by atoms with Gasteiger partial charge in [-0.3, -0.25) is 0 Å². The summed E-state index contributed by atoms with van der Waals surface area (Å²) in [4.78, 5) is 0. The van der Waals surface area contributed by atoms with E-state index in [-0.39, 0.29) is 5.82 Å². The molecule has 0 saturated carbocycles. The second-order valence-corrected chi connectivity index (χ2v) is 5.68. The molecule has 0 amide bonds. The van der Waals surface area contributed by atoms with E-state index < -0.39 is 0 Å². The van der Waals surface area contributed by atoms with Gasteiger partial charge in [-0.1, -0.05) is 24.3 Å². The molecule has 0 aromatic heterocycles. The molecule has 0 radical (unpaired) electrons. The Morgan fingerprint density at radius 2 is 1.81 bits per heavy atom. The van der Waals surface area contributed by atoms with Crippen LogP contribution in [-0.4, -0.2) is 13.7 Å². The molecule has 2 nitrogen and oxygen atoms in total. The second kappa shape index (κ2) is 5.86. The van der Waals surface area contributed by atoms with Gasteiger partial charge in [0.1, 0.15) is 11.6 Å². The quantitative estimate of drug-likeness (QED) is 0.921. The maximum absolute atomic E-state index is 13.4. The number of hydrogen-bond acceptors (Lipinski definition) is 2. The van der Waals surface area contributed by atoms with E-state index in [0.717, 1.165) is 24.3 Å². The first-order chi connectivity index (χ1) is 10.2. The number of halogens is 1. The van der Waals surface area contributed by atoms with Gasteiger partial charge in [0.2, 0.25) is 0 Å². The Hall–Kier alpha value is -1.87. The molecule has 1 N–H and O–H groups in total. The molecule has 1 aliphatic rings. The van der Waals surface area contributed by atoms with Crippen LogP contribution in [-0.2, 0) is 0 Å². The van der Waals surface area contributed by atoms with Crippen molar-refractivity contribution in [3.63, 3.8) is 0 Å². The van der Waals surface area contributed by atoms with Gasteiger partial charge >= 0.3 is 0 Å². The fourth-order valence-electron chi connectivity index (χ4n) is 3.00. The van der Waals surface area contributed by atoms with Gasteiger partial charge in [0.25, 0.3) is 0 Å². The zero-order valence-electron chi connectivity index (χ0n) is 12.4. The van der Waals surface area contributed by atoms with Crippen LogP contribution in [0.5, 0.6) is 5.75 Å². The lowest BCUT2D eigenvalue weighted by Gasteiger charge is -2.12. The predicted molar refractivity (Wildman–Crippen MR) is 82.2 cm³/mol. The van der Waals surface area contributed by atoms with Crippen molar-refractivity contribution in [2.24, 2.45) is 0 Å². The van der Waals surface area contributed by atoms with Gasteiger partial charge in [0.15, 0.2) is 0 Å². The number of benzene rings is 2. The lowest BCUT2D eigenvalue weighted by Crippen LogP contribution is -2.13. The number of hydrogen-bond donors (Lipinski definition) is 1. The number of methoxy groups -OCH3 is 1. The first-order valence-electron chi connectivity index (χ1n) is 7.31. The maximum atomic E-state index is 13.4. The van der Waals surface area contributed by atoms with Crippen LogP contribution in [0.4, 0.5) is 4.39 Å². The zero-order valence-corrected chi connectivity index (χ0v) is 12.4. The first-order valence-corrected chi connectivity index (χ1v) is 7.31. The highest BCUT2D eigenvalue weighted by Crippen LogP contribution is 2.34. The standard InChI is InChI=1S/C18H20FNO/c1-12-9-14(5-8-17(12)19)15-10-18(20-11-15)13-3-6-16(21-2)7-4-13/h3-9,15,18,20H,10-11H2,1-2H3. The van der Waals surface area contributed by atoms with Crippen molar-refractivity contribution in [2.75, 3.05) is 13.7 Å². The van der Waals surface area contributed by atoms with Crippen LogP contribution >= 0.6 is 0 Å². The lowest BCUT2D eigenvalue weighted by atomic mass is 9.93. The molecule has 1 heterocycles. The molecule has 1 fully saturated rings. The Bertz CT molecular complexity index is 624. The molecule has 2 atom stereocenters. The maximum Gasteiger partial charge on any atom is 0.126 e. The van der Waals surface area contributed by atoms with Crippen molar-refractivity contribution in [1.82, 2.24) is 5.32 Å². The molecule has 1 saturated heterocycles. The van der Waals surface area contributed by atoms with E-state index in [1.165, 1.54) is 11.1 Å². The van der Waals surface area contributed by atoms with Crippen molar-refractivity contribution in [3.8, 4) is 5.75 Å². The normalized spacial score (nSPS) is 21.5. The summed E-state index contributed by atoms with van der Waals surface area (Å²) in [5.74, 6) is 1.19. The molecule has 110 valence electrons. The molecule has 3 rings (SSSR count). The summed E-state index contributed by atoms with van der Waals surface area (Å²) in [5, 5.41) is 3.56. The topological polar surface area (TPSA) is 21.3 Å². The monoisotopic (exact) mass is 285 g/mol. The minimum atomic E-state index is -0.128. The van der Waals surface area contributed by atoms with Gasteiger partial charge in [0.05, 0.1) is 7.11 Å². The van der Waals surface area contributed by atoms with Crippen LogP contribution in [0.25, 0.3) is 0 Å². The molecule has 2 unspecified atom stereocenters. The average Bonchev–Trinajstić information content (AvgIpc) is 3.00. The van der Waals surface area contributed by atoms with Gasteiger partial charge in [-0.15, -0.1) is 0 Å². The molecule has 0 bridgehead atoms. The van der Waals surface area contributed by atoms with Gasteiger partial charge in [-0.25, -0.2) is 4.39 Å². The molecule has 0 spiro atoms. The molecule has 0 aliphatic carbocycles. The largest absolute Gasteiger partial charge is 0.497 e. The van der Waals surface area contributed by atoms with E-state index >= 15 is 0 Å². The molecule has 3 heteroatoms. The molecular formula is C18H20FNO. The number of aryl methyl sites for hydroxylation is 1. The van der Waals surface area contributed by atoms with Crippen LogP contribution in [0.15, 0.2) is 42.5 Å². The SMILES string of the molecule is COc1ccc(C2CC(c3ccc(F)c(C)c3)CN2)cc1. The van der Waals surface area contributed by atoms with Crippen molar-refractivity contribution in [2.45, 2.75) is 25.3 Å². The molecule has 21 heavy (non-hydrogen) atoms. The zero-order chi connectivity index (χ0) is 14.8. The average molecular weight is 285 g/mol. The van der Waals surface area contributed by atoms with Crippen molar-refractivity contribution < 1.29 is 9.13 Å². The van der Waals surface area contributed by atoms with Crippen molar-refractivity contribution >= 4 is 0 Å². The summed E-state index contributed by atoms with van der Waals surface area (Å²) in [5.41, 5.74) is 3.22. The third kappa shape index (κ3) is 2.93. The third-order valence-electron chi connectivity index (χ3n) is 4.30. The predicted octanol–water partition coefficient (Wildman–Crippen LogP) is 3.96. The van der Waals surface area contributed by atoms with Crippen LogP contribution in [0.1, 0.15) is 35.1 Å². The first kappa shape index (κ1) is 14.1. The highest BCUT2D eigenvalue weighted by atomic mass is 19.1.